The average Bonchev–Trinajstić information content (AvgIpc) is 3.46. The molecule has 0 aliphatic carbocycles. The Kier molecular flexibility index (Phi) is 5.84. The van der Waals surface area contributed by atoms with E-state index in [1.54, 1.807) is 30.6 Å². The van der Waals surface area contributed by atoms with Crippen molar-refractivity contribution in [2.75, 3.05) is 18.8 Å². The predicted octanol–water partition coefficient (Wildman–Crippen LogP) is 2.55. The van der Waals surface area contributed by atoms with Gasteiger partial charge in [-0.25, -0.2) is 10.1 Å². The van der Waals surface area contributed by atoms with Gasteiger partial charge in [-0.15, -0.1) is 5.10 Å². The number of thioether (sulfide) groups is 2. The van der Waals surface area contributed by atoms with E-state index in [0.717, 1.165) is 33.3 Å². The smallest absolute Gasteiger partial charge is 0.293 e. The third-order valence-corrected chi connectivity index (χ3v) is 6.70. The van der Waals surface area contributed by atoms with Gasteiger partial charge in [0.2, 0.25) is 11.7 Å². The number of nitrogens with one attached hydrogen (secondary N) is 2. The molecule has 1 aliphatic rings. The molecule has 0 spiro atoms. The van der Waals surface area contributed by atoms with Crippen LogP contribution in [0, 0.1) is 0 Å². The Hall–Kier alpha value is -3.64. The SMILES string of the molecule is O=C(CSc1n[nH]c2nc3ccccc3n12)NCCN1C(=O)S/C(=C\c2cccnc2)C1=O. The van der Waals surface area contributed by atoms with Crippen molar-refractivity contribution in [3.05, 3.63) is 59.3 Å². The number of hydrogen-bond donors (Lipinski definition) is 2. The lowest BCUT2D eigenvalue weighted by atomic mass is 10.2. The maximum atomic E-state index is 12.5. The summed E-state index contributed by atoms with van der Waals surface area (Å²) in [6.07, 6.45) is 4.89. The summed E-state index contributed by atoms with van der Waals surface area (Å²) in [6, 6.07) is 11.2. The predicted molar refractivity (Wildman–Crippen MR) is 125 cm³/mol. The summed E-state index contributed by atoms with van der Waals surface area (Å²) in [4.78, 5) is 47.0. The van der Waals surface area contributed by atoms with Gasteiger partial charge < -0.3 is 5.32 Å². The molecule has 3 amide bonds. The number of aromatic amines is 1. The van der Waals surface area contributed by atoms with Crippen LogP contribution in [0.1, 0.15) is 5.56 Å². The molecule has 4 heterocycles. The third-order valence-electron chi connectivity index (χ3n) is 4.85. The fourth-order valence-electron chi connectivity index (χ4n) is 3.33. The Morgan fingerprint density at radius 2 is 2.09 bits per heavy atom. The number of hydrogen-bond acceptors (Lipinski definition) is 8. The van der Waals surface area contributed by atoms with Crippen molar-refractivity contribution in [2.45, 2.75) is 5.16 Å². The van der Waals surface area contributed by atoms with E-state index >= 15 is 0 Å². The number of aromatic nitrogens is 5. The van der Waals surface area contributed by atoms with Crippen molar-refractivity contribution in [1.29, 1.82) is 0 Å². The Bertz CT molecular complexity index is 1400. The first-order valence-corrected chi connectivity index (χ1v) is 11.8. The van der Waals surface area contributed by atoms with E-state index in [4.69, 9.17) is 0 Å². The Morgan fingerprint density at radius 3 is 2.94 bits per heavy atom. The van der Waals surface area contributed by atoms with Crippen molar-refractivity contribution >= 4 is 63.5 Å². The van der Waals surface area contributed by atoms with Crippen LogP contribution in [-0.4, -0.2) is 65.4 Å². The lowest BCUT2D eigenvalue weighted by Gasteiger charge is -2.12. The maximum Gasteiger partial charge on any atom is 0.293 e. The average molecular weight is 480 g/mol. The fourth-order valence-corrected chi connectivity index (χ4v) is 4.98. The number of benzene rings is 1. The minimum atomic E-state index is -0.372. The van der Waals surface area contributed by atoms with Gasteiger partial charge in [-0.05, 0) is 41.6 Å². The molecule has 2 N–H and O–H groups in total. The molecular weight excluding hydrogens is 462 g/mol. The van der Waals surface area contributed by atoms with Crippen molar-refractivity contribution in [1.82, 2.24) is 34.8 Å². The molecule has 0 atom stereocenters. The number of carbonyl (C=O) groups excluding carboxylic acids is 3. The molecule has 166 valence electrons. The van der Waals surface area contributed by atoms with Crippen molar-refractivity contribution < 1.29 is 14.4 Å². The van der Waals surface area contributed by atoms with E-state index in [2.05, 4.69) is 25.5 Å². The number of carbonyl (C=O) groups is 3. The second-order valence-corrected chi connectivity index (χ2v) is 8.96. The van der Waals surface area contributed by atoms with Gasteiger partial charge in [0, 0.05) is 25.5 Å². The van der Waals surface area contributed by atoms with Crippen LogP contribution < -0.4 is 5.32 Å². The zero-order valence-electron chi connectivity index (χ0n) is 17.1. The molecular formula is C21H17N7O3S2. The van der Waals surface area contributed by atoms with Gasteiger partial charge >= 0.3 is 0 Å². The molecule has 1 aliphatic heterocycles. The summed E-state index contributed by atoms with van der Waals surface area (Å²) < 4.78 is 1.86. The number of imidazole rings is 1. The summed E-state index contributed by atoms with van der Waals surface area (Å²) in [5, 5.41) is 10.1. The highest BCUT2D eigenvalue weighted by Gasteiger charge is 2.34. The van der Waals surface area contributed by atoms with E-state index in [9.17, 15) is 14.4 Å². The molecule has 1 aromatic carbocycles. The number of pyridine rings is 1. The summed E-state index contributed by atoms with van der Waals surface area (Å²) in [7, 11) is 0. The summed E-state index contributed by atoms with van der Waals surface area (Å²) in [5.41, 5.74) is 2.49. The normalized spacial score (nSPS) is 15.3. The van der Waals surface area contributed by atoms with Crippen LogP contribution in [-0.2, 0) is 9.59 Å². The van der Waals surface area contributed by atoms with Gasteiger partial charge in [-0.3, -0.25) is 28.7 Å². The lowest BCUT2D eigenvalue weighted by Crippen LogP contribution is -2.37. The second kappa shape index (κ2) is 9.08. The molecule has 4 aromatic rings. The lowest BCUT2D eigenvalue weighted by molar-refractivity contribution is -0.123. The van der Waals surface area contributed by atoms with Crippen LogP contribution in [0.3, 0.4) is 0 Å². The molecule has 0 radical (unpaired) electrons. The fraction of sp³-hybridized carbons (Fsp3) is 0.143. The van der Waals surface area contributed by atoms with Crippen LogP contribution in [0.5, 0.6) is 0 Å². The quantitative estimate of drug-likeness (QED) is 0.306. The van der Waals surface area contributed by atoms with Crippen molar-refractivity contribution in [2.24, 2.45) is 0 Å². The van der Waals surface area contributed by atoms with Gasteiger partial charge in [0.05, 0.1) is 21.7 Å². The molecule has 12 heteroatoms. The molecule has 3 aromatic heterocycles. The van der Waals surface area contributed by atoms with Crippen LogP contribution in [0.15, 0.2) is 58.9 Å². The molecule has 10 nitrogen and oxygen atoms in total. The minimum Gasteiger partial charge on any atom is -0.354 e. The zero-order chi connectivity index (χ0) is 22.8. The van der Waals surface area contributed by atoms with Gasteiger partial charge in [0.1, 0.15) is 0 Å². The standard InChI is InChI=1S/C21H17N7O3S2/c29-17(12-32-20-26-25-19-24-14-5-1-2-6-15(14)28(19)20)23-8-9-27-18(30)16(33-21(27)31)10-13-4-3-7-22-11-13/h1-7,10-11H,8-9,12H2,(H,23,29)(H,24,25)/b16-10-. The Morgan fingerprint density at radius 1 is 1.21 bits per heavy atom. The second-order valence-electron chi connectivity index (χ2n) is 7.02. The number of imide groups is 1. The van der Waals surface area contributed by atoms with Crippen LogP contribution >= 0.6 is 23.5 Å². The van der Waals surface area contributed by atoms with Crippen LogP contribution in [0.25, 0.3) is 22.9 Å². The van der Waals surface area contributed by atoms with Gasteiger partial charge in [-0.1, -0.05) is 30.0 Å². The molecule has 33 heavy (non-hydrogen) atoms. The molecule has 1 saturated heterocycles. The van der Waals surface area contributed by atoms with E-state index in [1.165, 1.54) is 11.8 Å². The van der Waals surface area contributed by atoms with Crippen LogP contribution in [0.4, 0.5) is 4.79 Å². The van der Waals surface area contributed by atoms with Gasteiger partial charge in [0.25, 0.3) is 11.1 Å². The highest BCUT2D eigenvalue weighted by molar-refractivity contribution is 8.18. The molecule has 1 fully saturated rings. The monoisotopic (exact) mass is 479 g/mol. The third kappa shape index (κ3) is 4.34. The van der Waals surface area contributed by atoms with E-state index in [1.807, 2.05) is 28.7 Å². The van der Waals surface area contributed by atoms with Crippen molar-refractivity contribution in [3.63, 3.8) is 0 Å². The number of nitrogens with zero attached hydrogens (tertiary/aromatic N) is 5. The highest BCUT2D eigenvalue weighted by atomic mass is 32.2. The number of H-pyrrole nitrogens is 1. The molecule has 0 unspecified atom stereocenters. The van der Waals surface area contributed by atoms with Gasteiger partial charge in [0.15, 0.2) is 5.16 Å². The van der Waals surface area contributed by atoms with Gasteiger partial charge in [-0.2, -0.15) is 0 Å². The van der Waals surface area contributed by atoms with E-state index in [0.29, 0.717) is 15.8 Å². The number of rotatable bonds is 7. The first-order chi connectivity index (χ1) is 16.1. The number of amides is 3. The summed E-state index contributed by atoms with van der Waals surface area (Å²) >= 11 is 2.15. The summed E-state index contributed by atoms with van der Waals surface area (Å²) in [6.45, 7) is 0.270. The largest absolute Gasteiger partial charge is 0.354 e. The zero-order valence-corrected chi connectivity index (χ0v) is 18.7. The maximum absolute atomic E-state index is 12.5. The number of fused-ring (bicyclic) bond motifs is 3. The van der Waals surface area contributed by atoms with Crippen LogP contribution in [0.2, 0.25) is 0 Å². The van der Waals surface area contributed by atoms with E-state index < -0.39 is 0 Å². The Labute approximate surface area is 195 Å². The van der Waals surface area contributed by atoms with E-state index in [-0.39, 0.29) is 35.9 Å². The molecule has 0 saturated carbocycles. The summed E-state index contributed by atoms with van der Waals surface area (Å²) in [5.74, 6) is 0.148. The first-order valence-electron chi connectivity index (χ1n) is 9.96. The molecule has 0 bridgehead atoms. The number of para-hydroxylation sites is 2. The van der Waals surface area contributed by atoms with Crippen molar-refractivity contribution in [3.8, 4) is 0 Å². The molecule has 5 rings (SSSR count). The Balaban J connectivity index is 1.15. The minimum absolute atomic E-state index is 0.101. The topological polar surface area (TPSA) is 125 Å². The highest BCUT2D eigenvalue weighted by Crippen LogP contribution is 2.31. The first kappa shape index (κ1) is 21.2.